The maximum Gasteiger partial charge on any atom is 0.259 e. The molecule has 2 amide bonds. The molecule has 1 atom stereocenters. The van der Waals surface area contributed by atoms with Gasteiger partial charge in [-0.3, -0.25) is 19.2 Å². The SMILES string of the molecule is CCN(CCn1cccn1)C(=O)C(C)N1C(=O)c2cccc3cccc1c23. The molecule has 0 bridgehead atoms. The van der Waals surface area contributed by atoms with Crippen LogP contribution in [0.2, 0.25) is 0 Å². The van der Waals surface area contributed by atoms with Crippen LogP contribution in [0.5, 0.6) is 0 Å². The van der Waals surface area contributed by atoms with E-state index >= 15 is 0 Å². The van der Waals surface area contributed by atoms with Crippen molar-refractivity contribution in [2.24, 2.45) is 0 Å². The van der Waals surface area contributed by atoms with Gasteiger partial charge in [0.2, 0.25) is 5.91 Å². The molecule has 1 unspecified atom stereocenters. The van der Waals surface area contributed by atoms with E-state index in [1.807, 2.05) is 62.5 Å². The molecular formula is C21H22N4O2. The normalized spacial score (nSPS) is 14.0. The maximum atomic E-state index is 13.1. The van der Waals surface area contributed by atoms with Crippen molar-refractivity contribution in [1.82, 2.24) is 14.7 Å². The van der Waals surface area contributed by atoms with E-state index < -0.39 is 6.04 Å². The van der Waals surface area contributed by atoms with Gasteiger partial charge in [0.1, 0.15) is 6.04 Å². The molecule has 1 aromatic heterocycles. The van der Waals surface area contributed by atoms with Crippen molar-refractivity contribution < 1.29 is 9.59 Å². The molecule has 2 aromatic carbocycles. The van der Waals surface area contributed by atoms with Gasteiger partial charge in [-0.25, -0.2) is 0 Å². The zero-order valence-corrected chi connectivity index (χ0v) is 15.5. The van der Waals surface area contributed by atoms with Gasteiger partial charge in [-0.05, 0) is 37.4 Å². The molecule has 0 aliphatic carbocycles. The summed E-state index contributed by atoms with van der Waals surface area (Å²) < 4.78 is 1.80. The molecule has 0 N–H and O–H groups in total. The first-order valence-corrected chi connectivity index (χ1v) is 9.23. The fourth-order valence-electron chi connectivity index (χ4n) is 3.78. The van der Waals surface area contributed by atoms with Crippen LogP contribution in [0.25, 0.3) is 10.8 Å². The maximum absolute atomic E-state index is 13.1. The summed E-state index contributed by atoms with van der Waals surface area (Å²) in [6, 6.07) is 12.9. The van der Waals surface area contributed by atoms with Gasteiger partial charge < -0.3 is 4.90 Å². The van der Waals surface area contributed by atoms with E-state index in [9.17, 15) is 9.59 Å². The van der Waals surface area contributed by atoms with Gasteiger partial charge in [0.05, 0.1) is 12.2 Å². The fraction of sp³-hybridized carbons (Fsp3) is 0.286. The first-order valence-electron chi connectivity index (χ1n) is 9.23. The number of likely N-dealkylation sites (N-methyl/N-ethyl adjacent to an activating group) is 1. The number of aromatic nitrogens is 2. The summed E-state index contributed by atoms with van der Waals surface area (Å²) in [6.07, 6.45) is 3.60. The average molecular weight is 362 g/mol. The predicted molar refractivity (Wildman–Crippen MR) is 105 cm³/mol. The molecule has 6 heteroatoms. The van der Waals surface area contributed by atoms with Crippen molar-refractivity contribution in [2.45, 2.75) is 26.4 Å². The van der Waals surface area contributed by atoms with Crippen molar-refractivity contribution in [2.75, 3.05) is 18.0 Å². The lowest BCUT2D eigenvalue weighted by Crippen LogP contribution is -2.49. The minimum Gasteiger partial charge on any atom is -0.339 e. The molecule has 0 radical (unpaired) electrons. The van der Waals surface area contributed by atoms with Gasteiger partial charge in [-0.1, -0.05) is 24.3 Å². The monoisotopic (exact) mass is 362 g/mol. The molecule has 138 valence electrons. The number of carbonyl (C=O) groups is 2. The lowest BCUT2D eigenvalue weighted by atomic mass is 10.1. The predicted octanol–water partition coefficient (Wildman–Crippen LogP) is 2.93. The van der Waals surface area contributed by atoms with Crippen molar-refractivity contribution >= 4 is 28.3 Å². The molecule has 4 rings (SSSR count). The molecule has 0 spiro atoms. The number of hydrogen-bond acceptors (Lipinski definition) is 3. The van der Waals surface area contributed by atoms with E-state index in [2.05, 4.69) is 5.10 Å². The van der Waals surface area contributed by atoms with Crippen LogP contribution in [0.3, 0.4) is 0 Å². The first-order chi connectivity index (χ1) is 13.1. The van der Waals surface area contributed by atoms with Crippen LogP contribution < -0.4 is 4.90 Å². The quantitative estimate of drug-likeness (QED) is 0.677. The number of hydrogen-bond donors (Lipinski definition) is 0. The third kappa shape index (κ3) is 2.87. The Balaban J connectivity index is 1.58. The van der Waals surface area contributed by atoms with Crippen LogP contribution in [-0.4, -0.2) is 45.6 Å². The van der Waals surface area contributed by atoms with Gasteiger partial charge in [-0.2, -0.15) is 5.10 Å². The standard InChI is InChI=1S/C21H22N4O2/c1-3-23(13-14-24-12-6-11-22-24)20(26)15(2)25-18-10-5-8-16-7-4-9-17(19(16)18)21(25)27/h4-12,15H,3,13-14H2,1-2H3. The summed E-state index contributed by atoms with van der Waals surface area (Å²) in [7, 11) is 0. The highest BCUT2D eigenvalue weighted by molar-refractivity contribution is 6.26. The summed E-state index contributed by atoms with van der Waals surface area (Å²) in [6.45, 7) is 5.53. The number of anilines is 1. The van der Waals surface area contributed by atoms with Crippen molar-refractivity contribution in [3.63, 3.8) is 0 Å². The fourth-order valence-corrected chi connectivity index (χ4v) is 3.78. The number of benzene rings is 2. The summed E-state index contributed by atoms with van der Waals surface area (Å²) >= 11 is 0. The van der Waals surface area contributed by atoms with Gasteiger partial charge in [0.25, 0.3) is 5.91 Å². The zero-order chi connectivity index (χ0) is 19.0. The van der Waals surface area contributed by atoms with E-state index in [-0.39, 0.29) is 11.8 Å². The third-order valence-electron chi connectivity index (χ3n) is 5.19. The summed E-state index contributed by atoms with van der Waals surface area (Å²) in [5.74, 6) is -0.159. The van der Waals surface area contributed by atoms with Crippen LogP contribution in [0.1, 0.15) is 24.2 Å². The Labute approximate surface area is 158 Å². The zero-order valence-electron chi connectivity index (χ0n) is 15.5. The minimum absolute atomic E-state index is 0.0529. The van der Waals surface area contributed by atoms with E-state index in [1.165, 1.54) is 0 Å². The molecule has 6 nitrogen and oxygen atoms in total. The molecule has 0 fully saturated rings. The molecule has 3 aromatic rings. The van der Waals surface area contributed by atoms with Crippen molar-refractivity contribution in [1.29, 1.82) is 0 Å². The molecule has 1 aliphatic rings. The second kappa shape index (κ2) is 6.87. The molecule has 1 aliphatic heterocycles. The Morgan fingerprint density at radius 1 is 1.19 bits per heavy atom. The van der Waals surface area contributed by atoms with E-state index in [0.29, 0.717) is 25.2 Å². The number of carbonyl (C=O) groups excluding carboxylic acids is 2. The highest BCUT2D eigenvalue weighted by atomic mass is 16.2. The number of nitrogens with zero attached hydrogens (tertiary/aromatic N) is 4. The van der Waals surface area contributed by atoms with Crippen LogP contribution >= 0.6 is 0 Å². The van der Waals surface area contributed by atoms with Gasteiger partial charge in [0.15, 0.2) is 0 Å². The largest absolute Gasteiger partial charge is 0.339 e. The number of rotatable bonds is 6. The second-order valence-electron chi connectivity index (χ2n) is 6.72. The van der Waals surface area contributed by atoms with Gasteiger partial charge in [-0.15, -0.1) is 0 Å². The summed E-state index contributed by atoms with van der Waals surface area (Å²) in [4.78, 5) is 29.6. The third-order valence-corrected chi connectivity index (χ3v) is 5.19. The number of amides is 2. The highest BCUT2D eigenvalue weighted by Gasteiger charge is 2.37. The highest BCUT2D eigenvalue weighted by Crippen LogP contribution is 2.38. The van der Waals surface area contributed by atoms with Gasteiger partial charge in [0, 0.05) is 36.4 Å². The molecule has 2 heterocycles. The Morgan fingerprint density at radius 2 is 1.96 bits per heavy atom. The van der Waals surface area contributed by atoms with Crippen LogP contribution in [-0.2, 0) is 11.3 Å². The smallest absolute Gasteiger partial charge is 0.259 e. The van der Waals surface area contributed by atoms with Crippen molar-refractivity contribution in [3.8, 4) is 0 Å². The molecule has 0 saturated carbocycles. The topological polar surface area (TPSA) is 58.4 Å². The molecule has 27 heavy (non-hydrogen) atoms. The van der Waals surface area contributed by atoms with E-state index in [0.717, 1.165) is 16.5 Å². The van der Waals surface area contributed by atoms with Crippen LogP contribution in [0.4, 0.5) is 5.69 Å². The minimum atomic E-state index is -0.562. The summed E-state index contributed by atoms with van der Waals surface area (Å²) in [5, 5.41) is 6.14. The Morgan fingerprint density at radius 3 is 2.67 bits per heavy atom. The Hall–Kier alpha value is -3.15. The second-order valence-corrected chi connectivity index (χ2v) is 6.72. The average Bonchev–Trinajstić information content (AvgIpc) is 3.30. The first kappa shape index (κ1) is 17.3. The van der Waals surface area contributed by atoms with Crippen molar-refractivity contribution in [3.05, 3.63) is 60.4 Å². The molecular weight excluding hydrogens is 340 g/mol. The van der Waals surface area contributed by atoms with E-state index in [1.54, 1.807) is 20.7 Å². The lowest BCUT2D eigenvalue weighted by molar-refractivity contribution is -0.132. The van der Waals surface area contributed by atoms with E-state index in [4.69, 9.17) is 0 Å². The van der Waals surface area contributed by atoms with Crippen LogP contribution in [0.15, 0.2) is 54.9 Å². The van der Waals surface area contributed by atoms with Gasteiger partial charge >= 0.3 is 0 Å². The lowest BCUT2D eigenvalue weighted by Gasteiger charge is -2.30. The Kier molecular flexibility index (Phi) is 4.39. The molecule has 0 saturated heterocycles. The Bertz CT molecular complexity index is 991. The summed E-state index contributed by atoms with van der Waals surface area (Å²) in [5.41, 5.74) is 1.49. The van der Waals surface area contributed by atoms with Crippen LogP contribution in [0, 0.1) is 0 Å².